The van der Waals surface area contributed by atoms with E-state index in [2.05, 4.69) is 11.4 Å². The van der Waals surface area contributed by atoms with Gasteiger partial charge in [0.1, 0.15) is 17.2 Å². The number of rotatable bonds is 4. The molecule has 0 saturated carbocycles. The lowest BCUT2D eigenvalue weighted by Crippen LogP contribution is -2.35. The highest BCUT2D eigenvalue weighted by Crippen LogP contribution is 2.38. The van der Waals surface area contributed by atoms with Gasteiger partial charge < -0.3 is 20.1 Å². The molecule has 0 radical (unpaired) electrons. The second kappa shape index (κ2) is 9.00. The smallest absolute Gasteiger partial charge is 0.410 e. The highest BCUT2D eigenvalue weighted by Gasteiger charge is 2.31. The van der Waals surface area contributed by atoms with Gasteiger partial charge in [-0.2, -0.15) is 16.6 Å². The van der Waals surface area contributed by atoms with Gasteiger partial charge in [0, 0.05) is 30.5 Å². The van der Waals surface area contributed by atoms with Crippen molar-refractivity contribution in [2.45, 2.75) is 37.9 Å². The maximum Gasteiger partial charge on any atom is 0.410 e. The second-order valence-electron chi connectivity index (χ2n) is 7.34. The molecule has 2 N–H and O–H groups in total. The first-order valence-electron chi connectivity index (χ1n) is 9.73. The third kappa shape index (κ3) is 4.56. The first-order valence-corrected chi connectivity index (χ1v) is 11.5. The minimum absolute atomic E-state index is 0.269. The third-order valence-electron chi connectivity index (χ3n) is 5.23. The zero-order valence-electron chi connectivity index (χ0n) is 16.2. The molecule has 4 rings (SSSR count). The summed E-state index contributed by atoms with van der Waals surface area (Å²) in [5, 5.41) is 26.4. The number of nitrogens with zero attached hydrogens (tertiary/aromatic N) is 2. The Kier molecular flexibility index (Phi) is 6.18. The molecule has 2 unspecified atom stereocenters. The Bertz CT molecular complexity index is 1010. The van der Waals surface area contributed by atoms with Crippen molar-refractivity contribution in [2.24, 2.45) is 0 Å². The third-order valence-corrected chi connectivity index (χ3v) is 7.10. The van der Waals surface area contributed by atoms with E-state index >= 15 is 0 Å². The van der Waals surface area contributed by atoms with Gasteiger partial charge in [-0.15, -0.1) is 11.3 Å². The number of aliphatic hydroxyl groups excluding tert-OH is 1. The Morgan fingerprint density at radius 1 is 1.40 bits per heavy atom. The van der Waals surface area contributed by atoms with Gasteiger partial charge in [-0.1, -0.05) is 0 Å². The number of nitrogens with one attached hydrogen (secondary N) is 1. The summed E-state index contributed by atoms with van der Waals surface area (Å²) in [7, 11) is 0. The highest BCUT2D eigenvalue weighted by atomic mass is 32.1. The molecule has 0 aromatic carbocycles. The van der Waals surface area contributed by atoms with Crippen LogP contribution in [0.5, 0.6) is 0 Å². The number of hydrogen-bond donors (Lipinski definition) is 2. The molecular formula is C21H21N3O4S2. The maximum atomic E-state index is 12.3. The molecular weight excluding hydrogens is 422 g/mol. The van der Waals surface area contributed by atoms with Crippen molar-refractivity contribution in [3.63, 3.8) is 0 Å². The molecule has 2 aromatic rings. The van der Waals surface area contributed by atoms with E-state index in [1.807, 2.05) is 16.8 Å². The quantitative estimate of drug-likeness (QED) is 0.705. The van der Waals surface area contributed by atoms with E-state index in [1.54, 1.807) is 17.4 Å². The van der Waals surface area contributed by atoms with Crippen LogP contribution in [0.15, 0.2) is 22.9 Å². The summed E-state index contributed by atoms with van der Waals surface area (Å²) in [5.74, 6) is -0.285. The van der Waals surface area contributed by atoms with Gasteiger partial charge in [-0.3, -0.25) is 4.79 Å². The second-order valence-corrected chi connectivity index (χ2v) is 9.22. The fraction of sp³-hybridized carbons (Fsp3) is 0.381. The highest BCUT2D eigenvalue weighted by molar-refractivity contribution is 7.16. The summed E-state index contributed by atoms with van der Waals surface area (Å²) in [4.78, 5) is 27.1. The molecule has 7 nitrogen and oxygen atoms in total. The number of aliphatic hydroxyl groups is 1. The molecule has 1 fully saturated rings. The van der Waals surface area contributed by atoms with Crippen LogP contribution in [-0.4, -0.2) is 47.3 Å². The molecule has 156 valence electrons. The summed E-state index contributed by atoms with van der Waals surface area (Å²) in [6, 6.07) is 4.13. The maximum absolute atomic E-state index is 12.3. The Morgan fingerprint density at radius 2 is 2.27 bits per heavy atom. The first-order chi connectivity index (χ1) is 14.5. The lowest BCUT2D eigenvalue weighted by atomic mass is 9.94. The van der Waals surface area contributed by atoms with Gasteiger partial charge in [0.15, 0.2) is 0 Å². The normalized spacial score (nSPS) is 20.7. The number of carbonyl (C=O) groups is 2. The predicted molar refractivity (Wildman–Crippen MR) is 116 cm³/mol. The minimum Gasteiger partial charge on any atom is -0.446 e. The molecule has 2 aliphatic rings. The summed E-state index contributed by atoms with van der Waals surface area (Å²) < 4.78 is 5.63. The van der Waals surface area contributed by atoms with Gasteiger partial charge in [-0.05, 0) is 53.3 Å². The molecule has 2 amide bonds. The first kappa shape index (κ1) is 20.6. The molecule has 2 atom stereocenters. The number of thiophene rings is 2. The van der Waals surface area contributed by atoms with E-state index < -0.39 is 12.2 Å². The molecule has 1 aliphatic heterocycles. The van der Waals surface area contributed by atoms with Crippen molar-refractivity contribution in [2.75, 3.05) is 18.4 Å². The van der Waals surface area contributed by atoms with Gasteiger partial charge in [0.25, 0.3) is 0 Å². The SMILES string of the molecule is N#Cc1c(NC(=O)/C=C/c2ccsc2)sc2c1CCC(OC(=O)N1CCC(O)C1)C2. The van der Waals surface area contributed by atoms with Crippen molar-refractivity contribution in [3.8, 4) is 6.07 Å². The molecule has 1 saturated heterocycles. The number of anilines is 1. The zero-order valence-corrected chi connectivity index (χ0v) is 17.8. The lowest BCUT2D eigenvalue weighted by Gasteiger charge is -2.25. The average Bonchev–Trinajstić information content (AvgIpc) is 3.45. The molecule has 9 heteroatoms. The molecule has 0 spiro atoms. The van der Waals surface area contributed by atoms with Crippen LogP contribution in [0.1, 0.15) is 34.4 Å². The van der Waals surface area contributed by atoms with Crippen LogP contribution in [0.25, 0.3) is 6.08 Å². The van der Waals surface area contributed by atoms with Gasteiger partial charge in [0.05, 0.1) is 11.7 Å². The Balaban J connectivity index is 1.41. The van der Waals surface area contributed by atoms with Crippen molar-refractivity contribution < 1.29 is 19.4 Å². The van der Waals surface area contributed by atoms with E-state index in [4.69, 9.17) is 4.74 Å². The predicted octanol–water partition coefficient (Wildman–Crippen LogP) is 3.39. The average molecular weight is 444 g/mol. The van der Waals surface area contributed by atoms with Crippen LogP contribution in [-0.2, 0) is 22.4 Å². The fourth-order valence-electron chi connectivity index (χ4n) is 3.68. The topological polar surface area (TPSA) is 103 Å². The fourth-order valence-corrected chi connectivity index (χ4v) is 5.58. The van der Waals surface area contributed by atoms with Gasteiger partial charge in [0.2, 0.25) is 5.91 Å². The van der Waals surface area contributed by atoms with Crippen LogP contribution >= 0.6 is 22.7 Å². The van der Waals surface area contributed by atoms with E-state index in [1.165, 1.54) is 22.3 Å². The Hall–Kier alpha value is -2.67. The molecule has 3 heterocycles. The lowest BCUT2D eigenvalue weighted by molar-refractivity contribution is -0.111. The summed E-state index contributed by atoms with van der Waals surface area (Å²) >= 11 is 2.93. The van der Waals surface area contributed by atoms with Crippen LogP contribution in [0, 0.1) is 11.3 Å². The number of likely N-dealkylation sites (tertiary alicyclic amines) is 1. The summed E-state index contributed by atoms with van der Waals surface area (Å²) in [6.45, 7) is 0.814. The monoisotopic (exact) mass is 443 g/mol. The molecule has 30 heavy (non-hydrogen) atoms. The Labute approximate surface area is 182 Å². The number of nitriles is 1. The number of hydrogen-bond acceptors (Lipinski definition) is 7. The van der Waals surface area contributed by atoms with E-state index in [-0.39, 0.29) is 12.0 Å². The molecule has 2 aromatic heterocycles. The van der Waals surface area contributed by atoms with E-state index in [9.17, 15) is 20.0 Å². The number of fused-ring (bicyclic) bond motifs is 1. The molecule has 0 bridgehead atoms. The van der Waals surface area contributed by atoms with Crippen LogP contribution in [0.4, 0.5) is 9.80 Å². The number of amides is 2. The van der Waals surface area contributed by atoms with Crippen molar-refractivity contribution in [1.82, 2.24) is 4.90 Å². The van der Waals surface area contributed by atoms with Crippen molar-refractivity contribution in [3.05, 3.63) is 44.5 Å². The number of β-amino-alcohol motifs (C(OH)–C–C–N with tert-alkyl or cyclic N) is 1. The standard InChI is InChI=1S/C21H21N3O4S2/c22-10-17-16-3-2-15(28-21(27)24-7-5-14(25)11-24)9-18(16)30-20(17)23-19(26)4-1-13-6-8-29-12-13/h1,4,6,8,12,14-15,25H,2-3,5,7,9,11H2,(H,23,26)/b4-1+. The van der Waals surface area contributed by atoms with Crippen molar-refractivity contribution >= 4 is 45.8 Å². The van der Waals surface area contributed by atoms with Crippen LogP contribution in [0.3, 0.4) is 0 Å². The minimum atomic E-state index is -0.481. The van der Waals surface area contributed by atoms with Gasteiger partial charge in [-0.25, -0.2) is 4.79 Å². The largest absolute Gasteiger partial charge is 0.446 e. The van der Waals surface area contributed by atoms with Crippen LogP contribution in [0.2, 0.25) is 0 Å². The van der Waals surface area contributed by atoms with E-state index in [0.717, 1.165) is 16.0 Å². The Morgan fingerprint density at radius 3 is 2.97 bits per heavy atom. The number of carbonyl (C=O) groups excluding carboxylic acids is 2. The van der Waals surface area contributed by atoms with E-state index in [0.29, 0.717) is 49.3 Å². The number of ether oxygens (including phenoxy) is 1. The van der Waals surface area contributed by atoms with Crippen molar-refractivity contribution in [1.29, 1.82) is 5.26 Å². The summed E-state index contributed by atoms with van der Waals surface area (Å²) in [5.41, 5.74) is 2.39. The molecule has 1 aliphatic carbocycles. The zero-order chi connectivity index (χ0) is 21.1. The van der Waals surface area contributed by atoms with Gasteiger partial charge >= 0.3 is 6.09 Å². The summed E-state index contributed by atoms with van der Waals surface area (Å²) in [6.07, 6.45) is 4.39. The van der Waals surface area contributed by atoms with Crippen LogP contribution < -0.4 is 5.32 Å².